The van der Waals surface area contributed by atoms with Gasteiger partial charge in [0.15, 0.2) is 0 Å². The lowest BCUT2D eigenvalue weighted by molar-refractivity contribution is -0.00816. The molecule has 0 radical (unpaired) electrons. The standard InChI is InChI=1S/C22H23ClN6O3S/c1-12-7-14(15-8-19(23)25-10-17(15)31-2)16(9-24-12)20(30)26-21-27-28-22(33-21)32-18-11-29-5-3-13(18)4-6-29/h7-10,13,18H,3-6,11H2,1-2H3,(H,26,27,30)/t18-/m0/s1. The van der Waals surface area contributed by atoms with E-state index in [-0.39, 0.29) is 12.0 Å². The van der Waals surface area contributed by atoms with Crippen LogP contribution in [0.4, 0.5) is 5.13 Å². The summed E-state index contributed by atoms with van der Waals surface area (Å²) in [5.74, 6) is 0.696. The molecule has 3 fully saturated rings. The molecule has 0 unspecified atom stereocenters. The molecule has 1 N–H and O–H groups in total. The molecule has 6 rings (SSSR count). The Bertz CT molecular complexity index is 1180. The normalized spacial score (nSPS) is 21.6. The Morgan fingerprint density at radius 2 is 2.00 bits per heavy atom. The van der Waals surface area contributed by atoms with Crippen molar-refractivity contribution in [2.75, 3.05) is 32.1 Å². The Hall–Kier alpha value is -2.82. The van der Waals surface area contributed by atoms with Crippen LogP contribution in [-0.4, -0.2) is 63.8 Å². The van der Waals surface area contributed by atoms with E-state index in [0.29, 0.717) is 43.8 Å². The summed E-state index contributed by atoms with van der Waals surface area (Å²) >= 11 is 7.34. The number of carbonyl (C=O) groups is 1. The summed E-state index contributed by atoms with van der Waals surface area (Å²) in [6.07, 6.45) is 5.48. The van der Waals surface area contributed by atoms with Crippen LogP contribution in [0.5, 0.6) is 10.9 Å². The molecule has 2 bridgehead atoms. The molecule has 0 aliphatic carbocycles. The van der Waals surface area contributed by atoms with Gasteiger partial charge in [0.25, 0.3) is 11.1 Å². The summed E-state index contributed by atoms with van der Waals surface area (Å²) in [7, 11) is 1.54. The summed E-state index contributed by atoms with van der Waals surface area (Å²) in [6.45, 7) is 5.05. The summed E-state index contributed by atoms with van der Waals surface area (Å²) in [6, 6.07) is 3.47. The highest BCUT2D eigenvalue weighted by Gasteiger charge is 2.36. The third-order valence-electron chi connectivity index (χ3n) is 6.10. The first-order valence-corrected chi connectivity index (χ1v) is 11.9. The van der Waals surface area contributed by atoms with Crippen molar-refractivity contribution in [3.63, 3.8) is 0 Å². The van der Waals surface area contributed by atoms with E-state index in [4.69, 9.17) is 21.1 Å². The number of ether oxygens (including phenoxy) is 2. The lowest BCUT2D eigenvalue weighted by Gasteiger charge is -2.43. The number of halogens is 1. The van der Waals surface area contributed by atoms with Crippen LogP contribution in [0.3, 0.4) is 0 Å². The maximum absolute atomic E-state index is 13.2. The number of aryl methyl sites for hydroxylation is 1. The van der Waals surface area contributed by atoms with E-state index >= 15 is 0 Å². The summed E-state index contributed by atoms with van der Waals surface area (Å²) in [5, 5.41) is 12.2. The van der Waals surface area contributed by atoms with Crippen molar-refractivity contribution in [1.29, 1.82) is 0 Å². The Balaban J connectivity index is 1.35. The van der Waals surface area contributed by atoms with E-state index in [1.807, 2.05) is 13.0 Å². The third kappa shape index (κ3) is 4.64. The number of fused-ring (bicyclic) bond motifs is 3. The number of carbonyl (C=O) groups excluding carboxylic acids is 1. The second-order valence-electron chi connectivity index (χ2n) is 8.20. The highest BCUT2D eigenvalue weighted by molar-refractivity contribution is 7.17. The van der Waals surface area contributed by atoms with Gasteiger partial charge >= 0.3 is 0 Å². The second-order valence-corrected chi connectivity index (χ2v) is 9.53. The van der Waals surface area contributed by atoms with Gasteiger partial charge in [-0.15, -0.1) is 5.10 Å². The largest absolute Gasteiger partial charge is 0.494 e. The van der Waals surface area contributed by atoms with Crippen molar-refractivity contribution in [2.45, 2.75) is 25.9 Å². The lowest BCUT2D eigenvalue weighted by Crippen LogP contribution is -2.52. The van der Waals surface area contributed by atoms with Gasteiger partial charge in [-0.25, -0.2) is 4.98 Å². The monoisotopic (exact) mass is 486 g/mol. The molecule has 9 nitrogen and oxygen atoms in total. The minimum atomic E-state index is -0.363. The van der Waals surface area contributed by atoms with Gasteiger partial charge in [0.1, 0.15) is 17.0 Å². The second kappa shape index (κ2) is 9.20. The van der Waals surface area contributed by atoms with E-state index in [1.165, 1.54) is 23.7 Å². The number of amides is 1. The number of aromatic nitrogens is 4. The molecule has 3 aliphatic rings. The molecule has 0 aromatic carbocycles. The molecule has 1 atom stereocenters. The fraction of sp³-hybridized carbons (Fsp3) is 0.409. The number of methoxy groups -OCH3 is 1. The smallest absolute Gasteiger partial charge is 0.296 e. The fourth-order valence-electron chi connectivity index (χ4n) is 4.40. The van der Waals surface area contributed by atoms with Crippen LogP contribution in [0.1, 0.15) is 28.9 Å². The maximum Gasteiger partial charge on any atom is 0.296 e. The van der Waals surface area contributed by atoms with Gasteiger partial charge in [0.2, 0.25) is 5.13 Å². The molecular weight excluding hydrogens is 464 g/mol. The molecule has 0 saturated carbocycles. The predicted octanol–water partition coefficient (Wildman–Crippen LogP) is 3.69. The van der Waals surface area contributed by atoms with Crippen LogP contribution >= 0.6 is 22.9 Å². The molecule has 1 amide bonds. The average molecular weight is 487 g/mol. The van der Waals surface area contributed by atoms with Crippen LogP contribution in [0.25, 0.3) is 11.1 Å². The third-order valence-corrected chi connectivity index (χ3v) is 7.04. The molecule has 11 heteroatoms. The lowest BCUT2D eigenvalue weighted by atomic mass is 9.86. The van der Waals surface area contributed by atoms with E-state index in [2.05, 4.69) is 30.4 Å². The molecule has 6 heterocycles. The first kappa shape index (κ1) is 22.0. The van der Waals surface area contributed by atoms with Crippen LogP contribution in [0, 0.1) is 12.8 Å². The molecule has 33 heavy (non-hydrogen) atoms. The number of nitrogens with zero attached hydrogens (tertiary/aromatic N) is 5. The maximum atomic E-state index is 13.2. The predicted molar refractivity (Wildman–Crippen MR) is 125 cm³/mol. The van der Waals surface area contributed by atoms with Gasteiger partial charge in [-0.3, -0.25) is 20.0 Å². The average Bonchev–Trinajstić information content (AvgIpc) is 3.26. The number of hydrogen-bond acceptors (Lipinski definition) is 9. The SMILES string of the molecule is COc1cnc(Cl)cc1-c1cc(C)ncc1C(=O)Nc1nnc(O[C@H]2CN3CCC2CC3)s1. The van der Waals surface area contributed by atoms with Crippen molar-refractivity contribution in [1.82, 2.24) is 25.1 Å². The topological polar surface area (TPSA) is 102 Å². The van der Waals surface area contributed by atoms with E-state index < -0.39 is 0 Å². The zero-order valence-electron chi connectivity index (χ0n) is 18.2. The number of anilines is 1. The highest BCUT2D eigenvalue weighted by atomic mass is 35.5. The number of nitrogens with one attached hydrogen (secondary N) is 1. The first-order chi connectivity index (χ1) is 16.0. The number of rotatable bonds is 6. The fourth-order valence-corrected chi connectivity index (χ4v) is 5.20. The van der Waals surface area contributed by atoms with Crippen molar-refractivity contribution < 1.29 is 14.3 Å². The van der Waals surface area contributed by atoms with Crippen LogP contribution in [0.2, 0.25) is 5.15 Å². The molecule has 3 aliphatic heterocycles. The van der Waals surface area contributed by atoms with Crippen LogP contribution < -0.4 is 14.8 Å². The Kier molecular flexibility index (Phi) is 6.13. The highest BCUT2D eigenvalue weighted by Crippen LogP contribution is 2.35. The minimum Gasteiger partial charge on any atom is -0.494 e. The van der Waals surface area contributed by atoms with E-state index in [0.717, 1.165) is 38.2 Å². The van der Waals surface area contributed by atoms with Gasteiger partial charge in [-0.1, -0.05) is 16.7 Å². The zero-order valence-corrected chi connectivity index (χ0v) is 19.8. The molecule has 3 aromatic heterocycles. The Morgan fingerprint density at radius 1 is 1.18 bits per heavy atom. The van der Waals surface area contributed by atoms with Crippen LogP contribution in [0.15, 0.2) is 24.5 Å². The Morgan fingerprint density at radius 3 is 2.73 bits per heavy atom. The Labute approximate surface area is 200 Å². The molecule has 0 spiro atoms. The van der Waals surface area contributed by atoms with Crippen LogP contribution in [-0.2, 0) is 0 Å². The van der Waals surface area contributed by atoms with Gasteiger partial charge in [-0.05, 0) is 62.2 Å². The molecular formula is C22H23ClN6O3S. The van der Waals surface area contributed by atoms with Gasteiger partial charge in [0, 0.05) is 29.6 Å². The number of piperidine rings is 3. The van der Waals surface area contributed by atoms with Crippen molar-refractivity contribution >= 4 is 34.0 Å². The number of hydrogen-bond donors (Lipinski definition) is 1. The zero-order chi connectivity index (χ0) is 22.9. The van der Waals surface area contributed by atoms with E-state index in [1.54, 1.807) is 13.2 Å². The van der Waals surface area contributed by atoms with Crippen molar-refractivity contribution in [3.05, 3.63) is 40.9 Å². The minimum absolute atomic E-state index is 0.126. The van der Waals surface area contributed by atoms with Gasteiger partial charge in [-0.2, -0.15) is 0 Å². The quantitative estimate of drug-likeness (QED) is 0.526. The summed E-state index contributed by atoms with van der Waals surface area (Å²) in [5.41, 5.74) is 2.39. The molecule has 3 aromatic rings. The van der Waals surface area contributed by atoms with Gasteiger partial charge in [0.05, 0.1) is 18.9 Å². The molecule has 172 valence electrons. The number of pyridine rings is 2. The van der Waals surface area contributed by atoms with Crippen molar-refractivity contribution in [2.24, 2.45) is 5.92 Å². The molecule has 3 saturated heterocycles. The van der Waals surface area contributed by atoms with Gasteiger partial charge < -0.3 is 9.47 Å². The summed E-state index contributed by atoms with van der Waals surface area (Å²) in [4.78, 5) is 23.9. The summed E-state index contributed by atoms with van der Waals surface area (Å²) < 4.78 is 11.5. The van der Waals surface area contributed by atoms with E-state index in [9.17, 15) is 4.79 Å². The van der Waals surface area contributed by atoms with Crippen molar-refractivity contribution in [3.8, 4) is 22.1 Å². The first-order valence-electron chi connectivity index (χ1n) is 10.7.